The molecule has 39 heavy (non-hydrogen) atoms. The molecule has 3 N–H and O–H groups in total. The van der Waals surface area contributed by atoms with Gasteiger partial charge in [-0.1, -0.05) is 18.2 Å². The summed E-state index contributed by atoms with van der Waals surface area (Å²) in [5.41, 5.74) is 3.77. The van der Waals surface area contributed by atoms with Crippen molar-refractivity contribution in [3.8, 4) is 28.5 Å². The lowest BCUT2D eigenvalue weighted by Gasteiger charge is -2.18. The van der Waals surface area contributed by atoms with Gasteiger partial charge in [0.15, 0.2) is 11.5 Å². The number of halogens is 1. The van der Waals surface area contributed by atoms with Crippen LogP contribution in [0.15, 0.2) is 66.9 Å². The highest BCUT2D eigenvalue weighted by Crippen LogP contribution is 2.41. The van der Waals surface area contributed by atoms with Crippen LogP contribution in [0.5, 0.6) is 17.2 Å². The van der Waals surface area contributed by atoms with Crippen molar-refractivity contribution in [2.45, 2.75) is 12.5 Å². The van der Waals surface area contributed by atoms with Gasteiger partial charge in [0.25, 0.3) is 5.91 Å². The predicted octanol–water partition coefficient (Wildman–Crippen LogP) is 4.88. The van der Waals surface area contributed by atoms with Crippen LogP contribution in [0.1, 0.15) is 15.9 Å². The number of pyridine rings is 1. The van der Waals surface area contributed by atoms with Gasteiger partial charge in [-0.05, 0) is 54.4 Å². The number of nitrogens with zero attached hydrogens (tertiary/aromatic N) is 1. The number of ether oxygens (including phenoxy) is 3. The molecule has 2 aromatic heterocycles. The van der Waals surface area contributed by atoms with Crippen molar-refractivity contribution in [3.63, 3.8) is 0 Å². The molecule has 0 bridgehead atoms. The topological polar surface area (TPSA) is 106 Å². The maximum Gasteiger partial charge on any atom is 0.252 e. The minimum absolute atomic E-state index is 0.275. The van der Waals surface area contributed by atoms with Crippen LogP contribution in [0.4, 0.5) is 4.39 Å². The molecule has 0 radical (unpaired) electrons. The second kappa shape index (κ2) is 11.0. The van der Waals surface area contributed by atoms with Crippen molar-refractivity contribution < 1.29 is 28.5 Å². The molecule has 5 rings (SSSR count). The van der Waals surface area contributed by atoms with Crippen LogP contribution in [-0.4, -0.2) is 55.0 Å². The van der Waals surface area contributed by atoms with Gasteiger partial charge < -0.3 is 29.6 Å². The van der Waals surface area contributed by atoms with Crippen LogP contribution in [0.3, 0.4) is 0 Å². The van der Waals surface area contributed by atoms with Crippen molar-refractivity contribution >= 4 is 27.7 Å². The molecule has 0 spiro atoms. The number of para-hydroxylation sites is 1. The number of methoxy groups -OCH3 is 3. The average Bonchev–Trinajstić information content (AvgIpc) is 3.36. The summed E-state index contributed by atoms with van der Waals surface area (Å²) in [4.78, 5) is 21.4. The van der Waals surface area contributed by atoms with Gasteiger partial charge in [0, 0.05) is 28.0 Å². The Morgan fingerprint density at radius 3 is 2.44 bits per heavy atom. The second-order valence-corrected chi connectivity index (χ2v) is 9.05. The molecule has 1 amide bonds. The summed E-state index contributed by atoms with van der Waals surface area (Å²) in [6.07, 6.45) is 2.12. The Bertz CT molecular complexity index is 1640. The van der Waals surface area contributed by atoms with Gasteiger partial charge in [-0.15, -0.1) is 0 Å². The van der Waals surface area contributed by atoms with Gasteiger partial charge in [-0.25, -0.2) is 9.37 Å². The summed E-state index contributed by atoms with van der Waals surface area (Å²) in [7, 11) is 4.60. The summed E-state index contributed by atoms with van der Waals surface area (Å²) in [5.74, 6) is 0.689. The number of carbonyl (C=O) groups is 1. The van der Waals surface area contributed by atoms with Crippen LogP contribution in [0, 0.1) is 5.82 Å². The molecule has 9 heteroatoms. The first-order chi connectivity index (χ1) is 18.9. The number of H-pyrrole nitrogens is 1. The Morgan fingerprint density at radius 1 is 1.00 bits per heavy atom. The number of hydrogen-bond acceptors (Lipinski definition) is 6. The standard InChI is InChI=1S/C30H28FN3O5/c1-37-27-11-17(12-28(38-2)29(27)39-3)25-14-23(22-6-4-5-7-24(22)34-25)30(36)33-20(16-35)10-18-15-32-26-13-19(31)8-9-21(18)26/h4-9,11-15,20,32,35H,10,16H2,1-3H3,(H,33,36)/t20-/m1/s1. The Balaban J connectivity index is 1.51. The summed E-state index contributed by atoms with van der Waals surface area (Å²) >= 11 is 0. The third-order valence-corrected chi connectivity index (χ3v) is 6.67. The van der Waals surface area contributed by atoms with E-state index >= 15 is 0 Å². The second-order valence-electron chi connectivity index (χ2n) is 9.05. The zero-order valence-corrected chi connectivity index (χ0v) is 21.7. The van der Waals surface area contributed by atoms with Crippen LogP contribution in [-0.2, 0) is 6.42 Å². The highest BCUT2D eigenvalue weighted by molar-refractivity contribution is 6.07. The van der Waals surface area contributed by atoms with Gasteiger partial charge >= 0.3 is 0 Å². The fraction of sp³-hybridized carbons (Fsp3) is 0.200. The SMILES string of the molecule is COc1cc(-c2cc(C(=O)N[C@@H](CO)Cc3c[nH]c4cc(F)ccc34)c3ccccc3n2)cc(OC)c1OC. The van der Waals surface area contributed by atoms with Crippen molar-refractivity contribution in [1.29, 1.82) is 0 Å². The lowest BCUT2D eigenvalue weighted by molar-refractivity contribution is 0.0918. The van der Waals surface area contributed by atoms with E-state index in [0.29, 0.717) is 56.9 Å². The lowest BCUT2D eigenvalue weighted by atomic mass is 10.0. The zero-order valence-electron chi connectivity index (χ0n) is 21.7. The molecule has 0 aliphatic carbocycles. The normalized spacial score (nSPS) is 11.9. The fourth-order valence-electron chi connectivity index (χ4n) is 4.76. The van der Waals surface area contributed by atoms with Gasteiger partial charge in [-0.2, -0.15) is 0 Å². The molecule has 0 aliphatic heterocycles. The molecule has 0 unspecified atom stereocenters. The smallest absolute Gasteiger partial charge is 0.252 e. The van der Waals surface area contributed by atoms with Gasteiger partial charge in [0.2, 0.25) is 5.75 Å². The first kappa shape index (κ1) is 26.0. The van der Waals surface area contributed by atoms with E-state index in [1.165, 1.54) is 33.5 Å². The molecule has 0 saturated heterocycles. The minimum Gasteiger partial charge on any atom is -0.493 e. The Kier molecular flexibility index (Phi) is 7.33. The van der Waals surface area contributed by atoms with Crippen LogP contribution in [0.25, 0.3) is 33.1 Å². The Hall–Kier alpha value is -4.63. The molecule has 5 aromatic rings. The molecule has 200 valence electrons. The largest absolute Gasteiger partial charge is 0.493 e. The van der Waals surface area contributed by atoms with E-state index < -0.39 is 6.04 Å². The highest BCUT2D eigenvalue weighted by atomic mass is 19.1. The van der Waals surface area contributed by atoms with Crippen molar-refractivity contribution in [2.75, 3.05) is 27.9 Å². The van der Waals surface area contributed by atoms with Gasteiger partial charge in [0.05, 0.1) is 50.8 Å². The van der Waals surface area contributed by atoms with Crippen molar-refractivity contribution in [1.82, 2.24) is 15.3 Å². The molecule has 3 aromatic carbocycles. The van der Waals surface area contributed by atoms with E-state index in [-0.39, 0.29) is 18.3 Å². The number of aromatic amines is 1. The van der Waals surface area contributed by atoms with E-state index in [1.807, 2.05) is 24.3 Å². The summed E-state index contributed by atoms with van der Waals surface area (Å²) in [6.45, 7) is -0.275. The first-order valence-corrected chi connectivity index (χ1v) is 12.3. The third-order valence-electron chi connectivity index (χ3n) is 6.67. The Labute approximate surface area is 224 Å². The summed E-state index contributed by atoms with van der Waals surface area (Å²) in [5, 5.41) is 14.6. The molecular formula is C30H28FN3O5. The van der Waals surface area contributed by atoms with Gasteiger partial charge in [0.1, 0.15) is 5.82 Å². The van der Waals surface area contributed by atoms with Crippen LogP contribution in [0.2, 0.25) is 0 Å². The molecule has 8 nitrogen and oxygen atoms in total. The zero-order chi connectivity index (χ0) is 27.5. The lowest BCUT2D eigenvalue weighted by Crippen LogP contribution is -2.39. The number of amides is 1. The van der Waals surface area contributed by atoms with Crippen LogP contribution >= 0.6 is 0 Å². The number of aromatic nitrogens is 2. The number of hydrogen-bond donors (Lipinski definition) is 3. The fourth-order valence-corrected chi connectivity index (χ4v) is 4.76. The summed E-state index contributed by atoms with van der Waals surface area (Å²) in [6, 6.07) is 16.5. The number of rotatable bonds is 9. The number of carbonyl (C=O) groups excluding carboxylic acids is 1. The quantitative estimate of drug-likeness (QED) is 0.251. The number of fused-ring (bicyclic) bond motifs is 2. The highest BCUT2D eigenvalue weighted by Gasteiger charge is 2.21. The predicted molar refractivity (Wildman–Crippen MR) is 147 cm³/mol. The molecule has 0 fully saturated rings. The Morgan fingerprint density at radius 2 is 1.74 bits per heavy atom. The maximum atomic E-state index is 13.6. The number of aliphatic hydroxyl groups excluding tert-OH is 1. The van der Waals surface area contributed by atoms with E-state index in [0.717, 1.165) is 10.9 Å². The van der Waals surface area contributed by atoms with Crippen molar-refractivity contribution in [2.24, 2.45) is 0 Å². The van der Waals surface area contributed by atoms with Crippen LogP contribution < -0.4 is 19.5 Å². The summed E-state index contributed by atoms with van der Waals surface area (Å²) < 4.78 is 30.0. The number of nitrogens with one attached hydrogen (secondary N) is 2. The minimum atomic E-state index is -0.571. The number of benzene rings is 3. The van der Waals surface area contributed by atoms with E-state index in [2.05, 4.69) is 10.3 Å². The van der Waals surface area contributed by atoms with Gasteiger partial charge in [-0.3, -0.25) is 4.79 Å². The molecule has 0 saturated carbocycles. The van der Waals surface area contributed by atoms with E-state index in [9.17, 15) is 14.3 Å². The maximum absolute atomic E-state index is 13.6. The van der Waals surface area contributed by atoms with E-state index in [4.69, 9.17) is 19.2 Å². The van der Waals surface area contributed by atoms with Crippen molar-refractivity contribution in [3.05, 3.63) is 83.8 Å². The molecule has 0 aliphatic rings. The number of aliphatic hydroxyl groups is 1. The molecule has 1 atom stereocenters. The van der Waals surface area contributed by atoms with E-state index in [1.54, 1.807) is 30.5 Å². The monoisotopic (exact) mass is 529 g/mol. The first-order valence-electron chi connectivity index (χ1n) is 12.3. The third kappa shape index (κ3) is 5.08. The average molecular weight is 530 g/mol. The molecule has 2 heterocycles. The molecular weight excluding hydrogens is 501 g/mol.